The zero-order chi connectivity index (χ0) is 24.4. The Morgan fingerprint density at radius 2 is 1.86 bits per heavy atom. The summed E-state index contributed by atoms with van der Waals surface area (Å²) in [5.41, 5.74) is 2.91. The number of hydrogen-bond acceptors (Lipinski definition) is 8. The summed E-state index contributed by atoms with van der Waals surface area (Å²) < 4.78 is 7.00. The Kier molecular flexibility index (Phi) is 6.12. The van der Waals surface area contributed by atoms with Crippen molar-refractivity contribution in [3.8, 4) is 23.1 Å². The Bertz CT molecular complexity index is 1480. The number of piperazine rings is 1. The van der Waals surface area contributed by atoms with Gasteiger partial charge in [-0.1, -0.05) is 24.3 Å². The minimum Gasteiger partial charge on any atom is -0.497 e. The van der Waals surface area contributed by atoms with Crippen LogP contribution in [0.5, 0.6) is 5.75 Å². The van der Waals surface area contributed by atoms with E-state index in [9.17, 15) is 10.1 Å². The predicted octanol–water partition coefficient (Wildman–Crippen LogP) is 2.53. The van der Waals surface area contributed by atoms with Crippen molar-refractivity contribution in [3.05, 3.63) is 76.2 Å². The maximum absolute atomic E-state index is 13.8. The number of likely N-dealkylation sites (N-methyl/N-ethyl adjacent to an activating group) is 1. The largest absolute Gasteiger partial charge is 0.497 e. The van der Waals surface area contributed by atoms with E-state index in [4.69, 9.17) is 9.72 Å². The lowest BCUT2D eigenvalue weighted by Gasteiger charge is -2.32. The first-order valence-corrected chi connectivity index (χ1v) is 11.4. The van der Waals surface area contributed by atoms with E-state index in [1.54, 1.807) is 42.1 Å². The Labute approximate surface area is 202 Å². The summed E-state index contributed by atoms with van der Waals surface area (Å²) in [7, 11) is 3.71. The molecular weight excluding hydrogens is 442 g/mol. The summed E-state index contributed by atoms with van der Waals surface area (Å²) >= 11 is 0. The number of ether oxygens (including phenoxy) is 1. The van der Waals surface area contributed by atoms with Crippen LogP contribution >= 0.6 is 0 Å². The predicted molar refractivity (Wildman–Crippen MR) is 134 cm³/mol. The molecule has 1 aliphatic heterocycles. The molecule has 2 aromatic carbocycles. The zero-order valence-corrected chi connectivity index (χ0v) is 19.7. The van der Waals surface area contributed by atoms with Crippen molar-refractivity contribution in [1.29, 1.82) is 5.26 Å². The van der Waals surface area contributed by atoms with E-state index in [0.717, 1.165) is 31.7 Å². The lowest BCUT2D eigenvalue weighted by Crippen LogP contribution is -2.45. The van der Waals surface area contributed by atoms with Crippen LogP contribution in [0.2, 0.25) is 0 Å². The fourth-order valence-electron chi connectivity index (χ4n) is 4.21. The summed E-state index contributed by atoms with van der Waals surface area (Å²) in [6.07, 6.45) is 1.68. The first-order valence-electron chi connectivity index (χ1n) is 11.4. The zero-order valence-electron chi connectivity index (χ0n) is 19.7. The molecule has 35 heavy (non-hydrogen) atoms. The van der Waals surface area contributed by atoms with Crippen LogP contribution in [-0.2, 0) is 6.54 Å². The van der Waals surface area contributed by atoms with Crippen LogP contribution in [0.4, 0.5) is 5.95 Å². The van der Waals surface area contributed by atoms with Crippen LogP contribution < -0.4 is 15.2 Å². The molecule has 1 fully saturated rings. The average molecular weight is 468 g/mol. The number of fused-ring (bicyclic) bond motifs is 1. The molecule has 0 amide bonds. The highest BCUT2D eigenvalue weighted by atomic mass is 16.5. The van der Waals surface area contributed by atoms with Crippen molar-refractivity contribution in [2.24, 2.45) is 0 Å². The topological polar surface area (TPSA) is 100 Å². The summed E-state index contributed by atoms with van der Waals surface area (Å²) in [6.45, 7) is 3.76. The third-order valence-electron chi connectivity index (χ3n) is 6.20. The van der Waals surface area contributed by atoms with Gasteiger partial charge in [0.1, 0.15) is 17.0 Å². The third kappa shape index (κ3) is 4.56. The number of anilines is 1. The molecule has 0 N–H and O–H groups in total. The number of nitrogens with zero attached hydrogens (tertiary/aromatic N) is 7. The van der Waals surface area contributed by atoms with Crippen LogP contribution in [0.15, 0.2) is 59.5 Å². The summed E-state index contributed by atoms with van der Waals surface area (Å²) in [5.74, 6) is 1.30. The fourth-order valence-corrected chi connectivity index (χ4v) is 4.21. The molecule has 9 nitrogen and oxygen atoms in total. The van der Waals surface area contributed by atoms with Gasteiger partial charge < -0.3 is 14.5 Å². The van der Waals surface area contributed by atoms with Gasteiger partial charge in [-0.25, -0.2) is 9.97 Å². The first kappa shape index (κ1) is 22.5. The average Bonchev–Trinajstić information content (AvgIpc) is 2.90. The van der Waals surface area contributed by atoms with E-state index in [1.807, 2.05) is 24.3 Å². The smallest absolute Gasteiger partial charge is 0.279 e. The molecule has 0 radical (unpaired) electrons. The standard InChI is InChI=1S/C26H25N7O2/c1-31-9-11-32(12-10-31)26-28-16-22-24(30-26)33(17-19-6-4-8-21(14-19)35-2)25(34)23(29-22)20-7-3-5-18(13-20)15-27/h3-8,13-14,16H,9-12,17H2,1-2H3. The van der Waals surface area contributed by atoms with E-state index >= 15 is 0 Å². The van der Waals surface area contributed by atoms with Crippen molar-refractivity contribution in [2.45, 2.75) is 6.54 Å². The summed E-state index contributed by atoms with van der Waals surface area (Å²) in [5, 5.41) is 9.33. The van der Waals surface area contributed by atoms with Crippen molar-refractivity contribution in [2.75, 3.05) is 45.2 Å². The van der Waals surface area contributed by atoms with Gasteiger partial charge in [-0.05, 0) is 36.9 Å². The fraction of sp³-hybridized carbons (Fsp3) is 0.269. The molecule has 0 bridgehead atoms. The van der Waals surface area contributed by atoms with Crippen molar-refractivity contribution < 1.29 is 4.74 Å². The SMILES string of the molecule is COc1cccc(Cn2c(=O)c(-c3cccc(C#N)c3)nc3cnc(N4CCN(C)CC4)nc32)c1. The van der Waals surface area contributed by atoms with Crippen LogP contribution in [0.1, 0.15) is 11.1 Å². The van der Waals surface area contributed by atoms with Gasteiger partial charge in [-0.15, -0.1) is 0 Å². The highest BCUT2D eigenvalue weighted by Gasteiger charge is 2.20. The Balaban J connectivity index is 1.67. The lowest BCUT2D eigenvalue weighted by molar-refractivity contribution is 0.311. The minimum absolute atomic E-state index is 0.258. The van der Waals surface area contributed by atoms with Crippen LogP contribution in [-0.4, -0.2) is 64.8 Å². The van der Waals surface area contributed by atoms with Crippen molar-refractivity contribution in [1.82, 2.24) is 24.4 Å². The molecule has 1 saturated heterocycles. The number of methoxy groups -OCH3 is 1. The second-order valence-electron chi connectivity index (χ2n) is 8.57. The molecule has 1 aliphatic rings. The molecule has 9 heteroatoms. The van der Waals surface area contributed by atoms with E-state index in [2.05, 4.69) is 32.9 Å². The van der Waals surface area contributed by atoms with Gasteiger partial charge in [0.2, 0.25) is 5.95 Å². The van der Waals surface area contributed by atoms with E-state index in [1.165, 1.54) is 0 Å². The summed E-state index contributed by atoms with van der Waals surface area (Å²) in [4.78, 5) is 32.2. The van der Waals surface area contributed by atoms with Crippen molar-refractivity contribution >= 4 is 17.1 Å². The number of hydrogen-bond donors (Lipinski definition) is 0. The molecule has 176 valence electrons. The molecule has 0 unspecified atom stereocenters. The molecular formula is C26H25N7O2. The summed E-state index contributed by atoms with van der Waals surface area (Å²) in [6, 6.07) is 16.6. The van der Waals surface area contributed by atoms with Crippen LogP contribution in [0.3, 0.4) is 0 Å². The monoisotopic (exact) mass is 467 g/mol. The van der Waals surface area contributed by atoms with E-state index < -0.39 is 0 Å². The minimum atomic E-state index is -0.279. The number of nitriles is 1. The van der Waals surface area contributed by atoms with Gasteiger partial charge in [-0.2, -0.15) is 10.2 Å². The molecule has 3 heterocycles. The molecule has 0 spiro atoms. The molecule has 0 saturated carbocycles. The van der Waals surface area contributed by atoms with Gasteiger partial charge in [0, 0.05) is 31.7 Å². The second-order valence-corrected chi connectivity index (χ2v) is 8.57. The number of benzene rings is 2. The van der Waals surface area contributed by atoms with E-state index in [0.29, 0.717) is 40.5 Å². The maximum Gasteiger partial charge on any atom is 0.279 e. The van der Waals surface area contributed by atoms with Crippen LogP contribution in [0, 0.1) is 11.3 Å². The molecule has 0 atom stereocenters. The van der Waals surface area contributed by atoms with Gasteiger partial charge in [-0.3, -0.25) is 9.36 Å². The van der Waals surface area contributed by atoms with Crippen molar-refractivity contribution in [3.63, 3.8) is 0 Å². The second kappa shape index (κ2) is 9.52. The van der Waals surface area contributed by atoms with Gasteiger partial charge in [0.15, 0.2) is 5.65 Å². The molecule has 4 aromatic rings. The Morgan fingerprint density at radius 1 is 1.06 bits per heavy atom. The Hall–Kier alpha value is -4.29. The molecule has 0 aliphatic carbocycles. The Morgan fingerprint density at radius 3 is 2.63 bits per heavy atom. The number of aromatic nitrogens is 4. The molecule has 2 aromatic heterocycles. The van der Waals surface area contributed by atoms with E-state index in [-0.39, 0.29) is 11.3 Å². The molecule has 5 rings (SSSR count). The number of rotatable bonds is 5. The quantitative estimate of drug-likeness (QED) is 0.442. The van der Waals surface area contributed by atoms with Gasteiger partial charge >= 0.3 is 0 Å². The third-order valence-corrected chi connectivity index (χ3v) is 6.20. The highest BCUT2D eigenvalue weighted by molar-refractivity contribution is 5.75. The maximum atomic E-state index is 13.8. The van der Waals surface area contributed by atoms with Gasteiger partial charge in [0.05, 0.1) is 31.5 Å². The lowest BCUT2D eigenvalue weighted by atomic mass is 10.1. The van der Waals surface area contributed by atoms with Gasteiger partial charge in [0.25, 0.3) is 5.56 Å². The normalized spacial score (nSPS) is 14.1. The van der Waals surface area contributed by atoms with Crippen LogP contribution in [0.25, 0.3) is 22.4 Å². The highest BCUT2D eigenvalue weighted by Crippen LogP contribution is 2.21. The first-order chi connectivity index (χ1) is 17.1.